The molecular formula is C30H41N3O5. The van der Waals surface area contributed by atoms with Crippen molar-refractivity contribution < 1.29 is 24.5 Å². The second kappa shape index (κ2) is 14.0. The fraction of sp³-hybridized carbons (Fsp3) is 0.500. The first kappa shape index (κ1) is 29.2. The summed E-state index contributed by atoms with van der Waals surface area (Å²) >= 11 is 0. The molecule has 5 rings (SSSR count). The molecule has 0 saturated heterocycles. The zero-order valence-corrected chi connectivity index (χ0v) is 22.9. The Morgan fingerprint density at radius 1 is 1.11 bits per heavy atom. The number of methoxy groups -OCH3 is 1. The molecule has 2 N–H and O–H groups in total. The lowest BCUT2D eigenvalue weighted by Gasteiger charge is -2.34. The molecule has 4 unspecified atom stereocenters. The Balaban J connectivity index is 0.000000515. The van der Waals surface area contributed by atoms with Gasteiger partial charge in [-0.2, -0.15) is 0 Å². The van der Waals surface area contributed by atoms with Crippen LogP contribution in [0.25, 0.3) is 11.0 Å². The van der Waals surface area contributed by atoms with Gasteiger partial charge in [0.05, 0.1) is 30.7 Å². The van der Waals surface area contributed by atoms with Gasteiger partial charge in [0, 0.05) is 30.4 Å². The summed E-state index contributed by atoms with van der Waals surface area (Å²) < 4.78 is 6.37. The highest BCUT2D eigenvalue weighted by Crippen LogP contribution is 2.41. The second-order valence-electron chi connectivity index (χ2n) is 10.3. The minimum atomic E-state index is -0.250. The van der Waals surface area contributed by atoms with Crippen molar-refractivity contribution in [3.63, 3.8) is 0 Å². The Bertz CT molecular complexity index is 1180. The molecule has 4 atom stereocenters. The SMILES string of the molecule is CC1CCCC(n2c(C(CO)c3ccccc3)nc3c4c(ccc32)N(C)C(C)CC4)C1.COC=O.O=CO. The monoisotopic (exact) mass is 523 g/mol. The van der Waals surface area contributed by atoms with Crippen molar-refractivity contribution >= 4 is 29.7 Å². The summed E-state index contributed by atoms with van der Waals surface area (Å²) in [6.45, 7) is 4.89. The van der Waals surface area contributed by atoms with Crippen molar-refractivity contribution in [1.29, 1.82) is 0 Å². The molecule has 38 heavy (non-hydrogen) atoms. The Hall–Kier alpha value is -3.39. The molecule has 8 nitrogen and oxygen atoms in total. The number of aromatic nitrogens is 2. The molecule has 0 bridgehead atoms. The van der Waals surface area contributed by atoms with Crippen LogP contribution in [0.4, 0.5) is 5.69 Å². The third kappa shape index (κ3) is 6.35. The van der Waals surface area contributed by atoms with Crippen LogP contribution in [0, 0.1) is 5.92 Å². The quantitative estimate of drug-likeness (QED) is 0.444. The van der Waals surface area contributed by atoms with Crippen LogP contribution in [0.1, 0.15) is 74.9 Å². The number of benzene rings is 2. The highest BCUT2D eigenvalue weighted by Gasteiger charge is 2.31. The fourth-order valence-corrected chi connectivity index (χ4v) is 5.87. The minimum absolute atomic E-state index is 0.0781. The van der Waals surface area contributed by atoms with Crippen LogP contribution in [0.3, 0.4) is 0 Å². The predicted molar refractivity (Wildman–Crippen MR) is 150 cm³/mol. The molecule has 2 aromatic carbocycles. The molecule has 1 aliphatic carbocycles. The van der Waals surface area contributed by atoms with Crippen molar-refractivity contribution in [3.05, 3.63) is 59.4 Å². The van der Waals surface area contributed by atoms with E-state index in [9.17, 15) is 5.11 Å². The van der Waals surface area contributed by atoms with E-state index in [1.54, 1.807) is 0 Å². The second-order valence-corrected chi connectivity index (χ2v) is 10.3. The fourth-order valence-electron chi connectivity index (χ4n) is 5.87. The molecule has 1 fully saturated rings. The van der Waals surface area contributed by atoms with Gasteiger partial charge in [-0.25, -0.2) is 4.98 Å². The number of nitrogens with zero attached hydrogens (tertiary/aromatic N) is 3. The van der Waals surface area contributed by atoms with E-state index < -0.39 is 0 Å². The molecule has 0 radical (unpaired) electrons. The Kier molecular flexibility index (Phi) is 10.7. The summed E-state index contributed by atoms with van der Waals surface area (Å²) in [6, 6.07) is 16.0. The van der Waals surface area contributed by atoms with Crippen molar-refractivity contribution in [2.24, 2.45) is 5.92 Å². The number of fused-ring (bicyclic) bond motifs is 3. The normalized spacial score (nSPS) is 21.2. The lowest BCUT2D eigenvalue weighted by molar-refractivity contribution is -0.126. The van der Waals surface area contributed by atoms with Crippen molar-refractivity contribution in [2.45, 2.75) is 70.4 Å². The molecule has 3 aromatic rings. The van der Waals surface area contributed by atoms with Crippen molar-refractivity contribution in [1.82, 2.24) is 9.55 Å². The van der Waals surface area contributed by atoms with Crippen LogP contribution in [0.15, 0.2) is 42.5 Å². The van der Waals surface area contributed by atoms with E-state index in [1.807, 2.05) is 6.07 Å². The lowest BCUT2D eigenvalue weighted by Crippen LogP contribution is -2.33. The van der Waals surface area contributed by atoms with Crippen molar-refractivity contribution in [3.8, 4) is 0 Å². The van der Waals surface area contributed by atoms with E-state index in [2.05, 4.69) is 71.5 Å². The van der Waals surface area contributed by atoms with Crippen LogP contribution < -0.4 is 4.90 Å². The van der Waals surface area contributed by atoms with Crippen LogP contribution in [-0.2, 0) is 20.7 Å². The van der Waals surface area contributed by atoms with Gasteiger partial charge in [0.15, 0.2) is 0 Å². The van der Waals surface area contributed by atoms with Gasteiger partial charge >= 0.3 is 0 Å². The summed E-state index contributed by atoms with van der Waals surface area (Å²) in [6.07, 6.45) is 7.21. The van der Waals surface area contributed by atoms with Gasteiger partial charge in [-0.1, -0.05) is 50.1 Å². The highest BCUT2D eigenvalue weighted by molar-refractivity contribution is 5.86. The first-order valence-corrected chi connectivity index (χ1v) is 13.4. The van der Waals surface area contributed by atoms with E-state index in [1.165, 1.54) is 49.6 Å². The van der Waals surface area contributed by atoms with E-state index in [-0.39, 0.29) is 19.0 Å². The molecule has 2 aliphatic rings. The molecule has 1 aliphatic heterocycles. The summed E-state index contributed by atoms with van der Waals surface area (Å²) in [5.74, 6) is 1.68. The van der Waals surface area contributed by atoms with Crippen molar-refractivity contribution in [2.75, 3.05) is 25.7 Å². The van der Waals surface area contributed by atoms with E-state index in [4.69, 9.17) is 19.7 Å². The number of carbonyl (C=O) groups is 2. The van der Waals surface area contributed by atoms with E-state index in [0.29, 0.717) is 18.6 Å². The summed E-state index contributed by atoms with van der Waals surface area (Å²) in [5.41, 5.74) is 6.25. The molecule has 0 spiro atoms. The first-order valence-electron chi connectivity index (χ1n) is 13.4. The highest BCUT2D eigenvalue weighted by atomic mass is 16.5. The number of ether oxygens (including phenoxy) is 1. The number of rotatable bonds is 5. The van der Waals surface area contributed by atoms with Gasteiger partial charge in [-0.3, -0.25) is 9.59 Å². The molecule has 2 heterocycles. The minimum Gasteiger partial charge on any atom is -0.483 e. The topological polar surface area (TPSA) is 105 Å². The molecule has 206 valence electrons. The average molecular weight is 524 g/mol. The number of imidazole rings is 1. The molecule has 8 heteroatoms. The van der Waals surface area contributed by atoms with E-state index in [0.717, 1.165) is 35.7 Å². The molecule has 1 aromatic heterocycles. The maximum atomic E-state index is 10.5. The number of carboxylic acid groups (broad SMARTS) is 1. The van der Waals surface area contributed by atoms with E-state index >= 15 is 0 Å². The lowest BCUT2D eigenvalue weighted by atomic mass is 9.86. The zero-order valence-electron chi connectivity index (χ0n) is 22.9. The van der Waals surface area contributed by atoms with Gasteiger partial charge in [-0.15, -0.1) is 0 Å². The third-order valence-electron chi connectivity index (χ3n) is 7.89. The maximum absolute atomic E-state index is 10.5. The maximum Gasteiger partial charge on any atom is 0.292 e. The van der Waals surface area contributed by atoms with Gasteiger partial charge in [-0.05, 0) is 56.2 Å². The summed E-state index contributed by atoms with van der Waals surface area (Å²) in [5, 5.41) is 17.4. The van der Waals surface area contributed by atoms with Gasteiger partial charge in [0.2, 0.25) is 0 Å². The number of aryl methyl sites for hydroxylation is 1. The predicted octanol–water partition coefficient (Wildman–Crippen LogP) is 5.17. The number of hydrogen-bond donors (Lipinski definition) is 2. The first-order chi connectivity index (χ1) is 18.4. The summed E-state index contributed by atoms with van der Waals surface area (Å²) in [4.78, 5) is 25.0. The summed E-state index contributed by atoms with van der Waals surface area (Å²) in [7, 11) is 3.52. The Morgan fingerprint density at radius 3 is 2.39 bits per heavy atom. The number of aliphatic hydroxyl groups excluding tert-OH is 1. The number of aliphatic hydroxyl groups is 1. The smallest absolute Gasteiger partial charge is 0.292 e. The van der Waals surface area contributed by atoms with Crippen LogP contribution >= 0.6 is 0 Å². The van der Waals surface area contributed by atoms with Gasteiger partial charge in [0.1, 0.15) is 5.82 Å². The van der Waals surface area contributed by atoms with Gasteiger partial charge in [0.25, 0.3) is 12.9 Å². The van der Waals surface area contributed by atoms with Crippen LogP contribution in [-0.4, -0.2) is 59.5 Å². The number of carbonyl (C=O) groups excluding carboxylic acids is 1. The molecule has 0 amide bonds. The average Bonchev–Trinajstić information content (AvgIpc) is 3.32. The van der Waals surface area contributed by atoms with Crippen LogP contribution in [0.5, 0.6) is 0 Å². The zero-order chi connectivity index (χ0) is 27.7. The number of anilines is 1. The third-order valence-corrected chi connectivity index (χ3v) is 7.89. The largest absolute Gasteiger partial charge is 0.483 e. The van der Waals surface area contributed by atoms with Gasteiger partial charge < -0.3 is 24.4 Å². The Morgan fingerprint density at radius 2 is 1.79 bits per heavy atom. The Labute approximate surface area is 225 Å². The van der Waals surface area contributed by atoms with Crippen LogP contribution in [0.2, 0.25) is 0 Å². The molecular weight excluding hydrogens is 482 g/mol. The number of hydrogen-bond acceptors (Lipinski definition) is 6. The molecule has 1 saturated carbocycles. The standard InChI is InChI=1S/C27H35N3O.C2H4O2.CH2O2/c1-18-8-7-11-21(16-18)30-25-15-14-24-22(13-12-19(2)29(24)3)26(25)28-27(30)23(17-31)20-9-5-4-6-10-20;1-4-2-3;2-1-3/h4-6,9-10,14-15,18-19,21,23,31H,7-8,11-13,16-17H2,1-3H3;2H,1H3;1H,(H,2,3).